The fourth-order valence-corrected chi connectivity index (χ4v) is 2.19. The second kappa shape index (κ2) is 8.45. The summed E-state index contributed by atoms with van der Waals surface area (Å²) in [4.78, 5) is 13.4. The van der Waals surface area contributed by atoms with Gasteiger partial charge in [-0.15, -0.1) is 0 Å². The summed E-state index contributed by atoms with van der Waals surface area (Å²) in [5.74, 6) is -0.758. The van der Waals surface area contributed by atoms with Crippen LogP contribution < -0.4 is 5.32 Å². The van der Waals surface area contributed by atoms with Gasteiger partial charge in [-0.1, -0.05) is 26.7 Å². The van der Waals surface area contributed by atoms with E-state index in [2.05, 4.69) is 24.1 Å². The maximum absolute atomic E-state index is 11.1. The normalized spacial score (nSPS) is 22.9. The first-order valence-electron chi connectivity index (χ1n) is 6.97. The first kappa shape index (κ1) is 15.4. The lowest BCUT2D eigenvalue weighted by Gasteiger charge is -2.32. The topological polar surface area (TPSA) is 61.8 Å². The molecule has 1 aliphatic rings. The predicted molar refractivity (Wildman–Crippen MR) is 70.8 cm³/mol. The van der Waals surface area contributed by atoms with E-state index >= 15 is 0 Å². The van der Waals surface area contributed by atoms with Gasteiger partial charge in [0, 0.05) is 19.6 Å². The van der Waals surface area contributed by atoms with E-state index in [-0.39, 0.29) is 6.10 Å². The van der Waals surface area contributed by atoms with Crippen LogP contribution in [0, 0.1) is 0 Å². The summed E-state index contributed by atoms with van der Waals surface area (Å²) < 4.78 is 5.65. The standard InChI is InChI=1S/C13H26N2O3/c1-3-5-6-12(13(16)17)14-9-11-10-15(4-2)7-8-18-11/h11-12,14H,3-10H2,1-2H3,(H,16,17). The van der Waals surface area contributed by atoms with Crippen LogP contribution in [0.4, 0.5) is 0 Å². The van der Waals surface area contributed by atoms with Gasteiger partial charge in [-0.25, -0.2) is 0 Å². The SMILES string of the molecule is CCCCC(NCC1CN(CC)CCO1)C(=O)O. The van der Waals surface area contributed by atoms with Crippen molar-refractivity contribution >= 4 is 5.97 Å². The first-order valence-corrected chi connectivity index (χ1v) is 6.97. The first-order chi connectivity index (χ1) is 8.67. The maximum atomic E-state index is 11.1. The van der Waals surface area contributed by atoms with Gasteiger partial charge in [0.1, 0.15) is 6.04 Å². The fraction of sp³-hybridized carbons (Fsp3) is 0.923. The number of nitrogens with zero attached hydrogens (tertiary/aromatic N) is 1. The zero-order chi connectivity index (χ0) is 13.4. The molecule has 1 rings (SSSR count). The van der Waals surface area contributed by atoms with E-state index in [4.69, 9.17) is 9.84 Å². The molecule has 2 atom stereocenters. The van der Waals surface area contributed by atoms with E-state index in [1.165, 1.54) is 0 Å². The second-order valence-electron chi connectivity index (χ2n) is 4.83. The lowest BCUT2D eigenvalue weighted by molar-refractivity contribution is -0.140. The summed E-state index contributed by atoms with van der Waals surface area (Å²) in [6.45, 7) is 8.47. The summed E-state index contributed by atoms with van der Waals surface area (Å²) in [5, 5.41) is 12.2. The summed E-state index contributed by atoms with van der Waals surface area (Å²) in [7, 11) is 0. The molecule has 0 spiro atoms. The highest BCUT2D eigenvalue weighted by molar-refractivity contribution is 5.73. The van der Waals surface area contributed by atoms with Crippen molar-refractivity contribution < 1.29 is 14.6 Å². The molecular weight excluding hydrogens is 232 g/mol. The van der Waals surface area contributed by atoms with Crippen LogP contribution in [0.3, 0.4) is 0 Å². The van der Waals surface area contributed by atoms with E-state index in [0.717, 1.165) is 39.1 Å². The van der Waals surface area contributed by atoms with Crippen LogP contribution in [-0.4, -0.2) is 60.9 Å². The van der Waals surface area contributed by atoms with Crippen molar-refractivity contribution in [2.24, 2.45) is 0 Å². The van der Waals surface area contributed by atoms with Crippen LogP contribution in [0.2, 0.25) is 0 Å². The Hall–Kier alpha value is -0.650. The van der Waals surface area contributed by atoms with Crippen LogP contribution >= 0.6 is 0 Å². The number of unbranched alkanes of at least 4 members (excludes halogenated alkanes) is 1. The third-order valence-corrected chi connectivity index (χ3v) is 3.41. The van der Waals surface area contributed by atoms with Gasteiger partial charge in [-0.2, -0.15) is 0 Å². The number of hydrogen-bond acceptors (Lipinski definition) is 4. The molecule has 0 aromatic rings. The molecule has 5 heteroatoms. The van der Waals surface area contributed by atoms with Gasteiger partial charge >= 0.3 is 5.97 Å². The minimum Gasteiger partial charge on any atom is -0.480 e. The number of nitrogens with one attached hydrogen (secondary N) is 1. The highest BCUT2D eigenvalue weighted by Crippen LogP contribution is 2.06. The zero-order valence-corrected chi connectivity index (χ0v) is 11.5. The molecule has 1 fully saturated rings. The Labute approximate surface area is 109 Å². The Morgan fingerprint density at radius 1 is 1.56 bits per heavy atom. The van der Waals surface area contributed by atoms with Gasteiger partial charge in [0.2, 0.25) is 0 Å². The van der Waals surface area contributed by atoms with Crippen LogP contribution in [0.15, 0.2) is 0 Å². The number of ether oxygens (including phenoxy) is 1. The van der Waals surface area contributed by atoms with Crippen molar-refractivity contribution in [2.45, 2.75) is 45.3 Å². The number of carboxylic acids is 1. The number of likely N-dealkylation sites (N-methyl/N-ethyl adjacent to an activating group) is 1. The van der Waals surface area contributed by atoms with Gasteiger partial charge in [0.15, 0.2) is 0 Å². The highest BCUT2D eigenvalue weighted by atomic mass is 16.5. The van der Waals surface area contributed by atoms with Crippen molar-refractivity contribution in [3.05, 3.63) is 0 Å². The molecule has 106 valence electrons. The van der Waals surface area contributed by atoms with Crippen LogP contribution in [0.5, 0.6) is 0 Å². The summed E-state index contributed by atoms with van der Waals surface area (Å²) >= 11 is 0. The van der Waals surface area contributed by atoms with Crippen molar-refractivity contribution in [1.82, 2.24) is 10.2 Å². The molecule has 0 aliphatic carbocycles. The predicted octanol–water partition coefficient (Wildman–Crippen LogP) is 0.940. The minimum atomic E-state index is -0.758. The van der Waals surface area contributed by atoms with E-state index < -0.39 is 12.0 Å². The quantitative estimate of drug-likeness (QED) is 0.678. The van der Waals surface area contributed by atoms with E-state index in [0.29, 0.717) is 13.0 Å². The van der Waals surface area contributed by atoms with Crippen molar-refractivity contribution in [2.75, 3.05) is 32.8 Å². The smallest absolute Gasteiger partial charge is 0.320 e. The molecule has 2 N–H and O–H groups in total. The van der Waals surface area contributed by atoms with E-state index in [1.807, 2.05) is 0 Å². The van der Waals surface area contributed by atoms with Gasteiger partial charge in [-0.3, -0.25) is 9.69 Å². The molecule has 0 aromatic heterocycles. The average Bonchev–Trinajstić information content (AvgIpc) is 2.38. The number of hydrogen-bond donors (Lipinski definition) is 2. The lowest BCUT2D eigenvalue weighted by Crippen LogP contribution is -2.49. The number of aliphatic carboxylic acids is 1. The molecule has 0 radical (unpaired) electrons. The van der Waals surface area contributed by atoms with E-state index in [9.17, 15) is 4.79 Å². The monoisotopic (exact) mass is 258 g/mol. The number of rotatable bonds is 8. The Kier molecular flexibility index (Phi) is 7.23. The second-order valence-corrected chi connectivity index (χ2v) is 4.83. The summed E-state index contributed by atoms with van der Waals surface area (Å²) in [6.07, 6.45) is 2.77. The summed E-state index contributed by atoms with van der Waals surface area (Å²) in [5.41, 5.74) is 0. The zero-order valence-electron chi connectivity index (χ0n) is 11.5. The van der Waals surface area contributed by atoms with Crippen molar-refractivity contribution in [3.8, 4) is 0 Å². The van der Waals surface area contributed by atoms with Crippen LogP contribution in [-0.2, 0) is 9.53 Å². The molecule has 2 unspecified atom stereocenters. The van der Waals surface area contributed by atoms with Crippen molar-refractivity contribution in [1.29, 1.82) is 0 Å². The highest BCUT2D eigenvalue weighted by Gasteiger charge is 2.22. The van der Waals surface area contributed by atoms with Crippen LogP contribution in [0.1, 0.15) is 33.1 Å². The molecule has 0 amide bonds. The lowest BCUT2D eigenvalue weighted by atomic mass is 10.1. The summed E-state index contributed by atoms with van der Waals surface area (Å²) in [6, 6.07) is -0.439. The van der Waals surface area contributed by atoms with Gasteiger partial charge < -0.3 is 15.2 Å². The van der Waals surface area contributed by atoms with Crippen LogP contribution in [0.25, 0.3) is 0 Å². The Morgan fingerprint density at radius 3 is 2.94 bits per heavy atom. The average molecular weight is 258 g/mol. The molecule has 0 bridgehead atoms. The third kappa shape index (κ3) is 5.33. The Morgan fingerprint density at radius 2 is 2.33 bits per heavy atom. The van der Waals surface area contributed by atoms with Gasteiger partial charge in [-0.05, 0) is 13.0 Å². The molecule has 0 aromatic carbocycles. The molecule has 0 saturated carbocycles. The molecule has 1 aliphatic heterocycles. The molecule has 5 nitrogen and oxygen atoms in total. The van der Waals surface area contributed by atoms with Gasteiger partial charge in [0.05, 0.1) is 12.7 Å². The minimum absolute atomic E-state index is 0.113. The molecule has 1 heterocycles. The largest absolute Gasteiger partial charge is 0.480 e. The third-order valence-electron chi connectivity index (χ3n) is 3.41. The van der Waals surface area contributed by atoms with Crippen molar-refractivity contribution in [3.63, 3.8) is 0 Å². The Bertz CT molecular complexity index is 248. The van der Waals surface area contributed by atoms with E-state index in [1.54, 1.807) is 0 Å². The Balaban J connectivity index is 2.30. The number of carboxylic acid groups (broad SMARTS) is 1. The number of morpholine rings is 1. The van der Waals surface area contributed by atoms with Gasteiger partial charge in [0.25, 0.3) is 0 Å². The molecule has 1 saturated heterocycles. The fourth-order valence-electron chi connectivity index (χ4n) is 2.19. The number of carbonyl (C=O) groups is 1. The molecule has 18 heavy (non-hydrogen) atoms. The molecular formula is C13H26N2O3. The maximum Gasteiger partial charge on any atom is 0.320 e.